The van der Waals surface area contributed by atoms with Gasteiger partial charge < -0.3 is 10.5 Å². The van der Waals surface area contributed by atoms with Crippen molar-refractivity contribution in [2.24, 2.45) is 11.7 Å². The molecule has 84 valence electrons. The molecule has 1 aliphatic rings. The van der Waals surface area contributed by atoms with Gasteiger partial charge in [0.1, 0.15) is 6.10 Å². The molecule has 0 spiro atoms. The highest BCUT2D eigenvalue weighted by atomic mass is 32.1. The van der Waals surface area contributed by atoms with E-state index in [1.807, 2.05) is 0 Å². The zero-order chi connectivity index (χ0) is 10.5. The van der Waals surface area contributed by atoms with Gasteiger partial charge in [-0.3, -0.25) is 0 Å². The Kier molecular flexibility index (Phi) is 4.18. The van der Waals surface area contributed by atoms with Gasteiger partial charge in [0.2, 0.25) is 0 Å². The fourth-order valence-corrected chi connectivity index (χ4v) is 2.69. The fourth-order valence-electron chi connectivity index (χ4n) is 1.90. The molecule has 1 unspecified atom stereocenters. The molecule has 1 fully saturated rings. The van der Waals surface area contributed by atoms with Gasteiger partial charge in [0.05, 0.1) is 0 Å². The lowest BCUT2D eigenvalue weighted by Gasteiger charge is -2.25. The maximum atomic E-state index is 5.83. The molecule has 0 aliphatic heterocycles. The second kappa shape index (κ2) is 5.64. The van der Waals surface area contributed by atoms with Gasteiger partial charge in [-0.2, -0.15) is 0 Å². The molecule has 0 saturated heterocycles. The molecular formula is C12H19NOS. The zero-order valence-corrected chi connectivity index (χ0v) is 9.84. The van der Waals surface area contributed by atoms with E-state index in [1.54, 1.807) is 11.3 Å². The van der Waals surface area contributed by atoms with Gasteiger partial charge in [0.15, 0.2) is 0 Å². The highest BCUT2D eigenvalue weighted by Gasteiger charge is 2.18. The third-order valence-electron chi connectivity index (χ3n) is 3.14. The summed E-state index contributed by atoms with van der Waals surface area (Å²) in [4.78, 5) is 1.26. The number of ether oxygens (including phenoxy) is 1. The average molecular weight is 225 g/mol. The second-order valence-electron chi connectivity index (χ2n) is 4.20. The molecule has 1 saturated carbocycles. The molecule has 2 rings (SSSR count). The number of hydrogen-bond donors (Lipinski definition) is 1. The molecule has 1 aromatic heterocycles. The van der Waals surface area contributed by atoms with Gasteiger partial charge in [-0.25, -0.2) is 0 Å². The molecule has 0 aromatic carbocycles. The van der Waals surface area contributed by atoms with Crippen molar-refractivity contribution in [2.75, 3.05) is 13.2 Å². The molecule has 15 heavy (non-hydrogen) atoms. The van der Waals surface area contributed by atoms with Gasteiger partial charge in [-0.15, -0.1) is 11.3 Å². The Labute approximate surface area is 95.4 Å². The summed E-state index contributed by atoms with van der Waals surface area (Å²) in [5, 5.41) is 2.08. The van der Waals surface area contributed by atoms with Crippen molar-refractivity contribution in [3.05, 3.63) is 22.4 Å². The summed E-state index contributed by atoms with van der Waals surface area (Å²) in [7, 11) is 0. The normalized spacial score (nSPS) is 18.7. The minimum absolute atomic E-state index is 0.116. The minimum Gasteiger partial charge on any atom is -0.371 e. The van der Waals surface area contributed by atoms with Crippen molar-refractivity contribution in [3.8, 4) is 0 Å². The van der Waals surface area contributed by atoms with Crippen LogP contribution < -0.4 is 5.73 Å². The Bertz CT molecular complexity index is 269. The van der Waals surface area contributed by atoms with Crippen molar-refractivity contribution >= 4 is 11.3 Å². The lowest BCUT2D eigenvalue weighted by molar-refractivity contribution is 0.0445. The standard InChI is InChI=1S/C12H19NOS/c13-9-11(12-5-2-8-15-12)14-7-6-10-3-1-4-10/h2,5,8,10-11H,1,3-4,6-7,9,13H2. The van der Waals surface area contributed by atoms with Gasteiger partial charge in [0.25, 0.3) is 0 Å². The summed E-state index contributed by atoms with van der Waals surface area (Å²) in [5.41, 5.74) is 5.71. The lowest BCUT2D eigenvalue weighted by Crippen LogP contribution is -2.18. The van der Waals surface area contributed by atoms with Gasteiger partial charge in [0, 0.05) is 18.0 Å². The van der Waals surface area contributed by atoms with Crippen molar-refractivity contribution in [1.29, 1.82) is 0 Å². The third-order valence-corrected chi connectivity index (χ3v) is 4.11. The van der Waals surface area contributed by atoms with Crippen molar-refractivity contribution in [3.63, 3.8) is 0 Å². The Balaban J connectivity index is 1.71. The van der Waals surface area contributed by atoms with E-state index in [0.29, 0.717) is 6.54 Å². The van der Waals surface area contributed by atoms with Crippen molar-refractivity contribution in [2.45, 2.75) is 31.8 Å². The molecule has 2 nitrogen and oxygen atoms in total. The Morgan fingerprint density at radius 3 is 2.93 bits per heavy atom. The van der Waals surface area contributed by atoms with Gasteiger partial charge >= 0.3 is 0 Å². The molecule has 1 atom stereocenters. The van der Waals surface area contributed by atoms with Crippen molar-refractivity contribution < 1.29 is 4.74 Å². The number of hydrogen-bond acceptors (Lipinski definition) is 3. The smallest absolute Gasteiger partial charge is 0.104 e. The Morgan fingerprint density at radius 2 is 2.40 bits per heavy atom. The predicted octanol–water partition coefficient (Wildman–Crippen LogP) is 2.95. The summed E-state index contributed by atoms with van der Waals surface area (Å²) < 4.78 is 5.83. The molecule has 1 heterocycles. The first-order valence-corrected chi connectivity index (χ1v) is 6.63. The summed E-state index contributed by atoms with van der Waals surface area (Å²) in [6.07, 6.45) is 5.54. The van der Waals surface area contributed by atoms with Crippen LogP contribution in [0.1, 0.15) is 36.7 Å². The van der Waals surface area contributed by atoms with E-state index >= 15 is 0 Å². The molecular weight excluding hydrogens is 206 g/mol. The minimum atomic E-state index is 0.116. The molecule has 0 radical (unpaired) electrons. The van der Waals surface area contributed by atoms with Gasteiger partial charge in [-0.1, -0.05) is 25.3 Å². The highest BCUT2D eigenvalue weighted by molar-refractivity contribution is 7.10. The van der Waals surface area contributed by atoms with E-state index in [0.717, 1.165) is 12.5 Å². The first-order valence-electron chi connectivity index (χ1n) is 5.75. The van der Waals surface area contributed by atoms with Crippen LogP contribution in [0, 0.1) is 5.92 Å². The van der Waals surface area contributed by atoms with E-state index in [1.165, 1.54) is 30.6 Å². The molecule has 2 N–H and O–H groups in total. The highest BCUT2D eigenvalue weighted by Crippen LogP contribution is 2.30. The molecule has 1 aliphatic carbocycles. The van der Waals surface area contributed by atoms with E-state index in [-0.39, 0.29) is 6.10 Å². The van der Waals surface area contributed by atoms with Crippen LogP contribution in [0.4, 0.5) is 0 Å². The van der Waals surface area contributed by atoms with Crippen LogP contribution in [0.15, 0.2) is 17.5 Å². The van der Waals surface area contributed by atoms with Gasteiger partial charge in [-0.05, 0) is 23.8 Å². The first-order chi connectivity index (χ1) is 7.40. The van der Waals surface area contributed by atoms with Crippen LogP contribution >= 0.6 is 11.3 Å². The fraction of sp³-hybridized carbons (Fsp3) is 0.667. The van der Waals surface area contributed by atoms with E-state index in [4.69, 9.17) is 10.5 Å². The third kappa shape index (κ3) is 3.03. The van der Waals surface area contributed by atoms with Crippen LogP contribution in [-0.2, 0) is 4.74 Å². The number of nitrogens with two attached hydrogens (primary N) is 1. The molecule has 0 bridgehead atoms. The monoisotopic (exact) mass is 225 g/mol. The van der Waals surface area contributed by atoms with Crippen LogP contribution in [-0.4, -0.2) is 13.2 Å². The van der Waals surface area contributed by atoms with E-state index < -0.39 is 0 Å². The summed E-state index contributed by atoms with van der Waals surface area (Å²) in [6, 6.07) is 4.16. The number of thiophene rings is 1. The van der Waals surface area contributed by atoms with Crippen LogP contribution in [0.2, 0.25) is 0 Å². The Morgan fingerprint density at radius 1 is 1.53 bits per heavy atom. The van der Waals surface area contributed by atoms with E-state index in [9.17, 15) is 0 Å². The lowest BCUT2D eigenvalue weighted by atomic mass is 9.83. The molecule has 3 heteroatoms. The second-order valence-corrected chi connectivity index (χ2v) is 5.18. The largest absolute Gasteiger partial charge is 0.371 e. The predicted molar refractivity (Wildman–Crippen MR) is 64.0 cm³/mol. The molecule has 0 amide bonds. The first kappa shape index (κ1) is 11.1. The molecule has 1 aromatic rings. The maximum Gasteiger partial charge on any atom is 0.104 e. The summed E-state index contributed by atoms with van der Waals surface area (Å²) >= 11 is 1.73. The topological polar surface area (TPSA) is 35.2 Å². The zero-order valence-electron chi connectivity index (χ0n) is 9.02. The summed E-state index contributed by atoms with van der Waals surface area (Å²) in [5.74, 6) is 0.923. The van der Waals surface area contributed by atoms with Crippen molar-refractivity contribution in [1.82, 2.24) is 0 Å². The number of rotatable bonds is 6. The average Bonchev–Trinajstić information content (AvgIpc) is 2.68. The quantitative estimate of drug-likeness (QED) is 0.808. The van der Waals surface area contributed by atoms with Crippen LogP contribution in [0.25, 0.3) is 0 Å². The SMILES string of the molecule is NCC(OCCC1CCC1)c1cccs1. The Hall–Kier alpha value is -0.380. The maximum absolute atomic E-state index is 5.83. The van der Waals surface area contributed by atoms with Crippen LogP contribution in [0.5, 0.6) is 0 Å². The summed E-state index contributed by atoms with van der Waals surface area (Å²) in [6.45, 7) is 1.45. The van der Waals surface area contributed by atoms with Crippen LogP contribution in [0.3, 0.4) is 0 Å². The van der Waals surface area contributed by atoms with E-state index in [2.05, 4.69) is 17.5 Å².